The third-order valence-corrected chi connectivity index (χ3v) is 4.35. The van der Waals surface area contributed by atoms with E-state index in [1.807, 2.05) is 24.3 Å². The van der Waals surface area contributed by atoms with Gasteiger partial charge < -0.3 is 15.5 Å². The first kappa shape index (κ1) is 14.9. The minimum absolute atomic E-state index is 0.0324. The second-order valence-electron chi connectivity index (χ2n) is 5.56. The van der Waals surface area contributed by atoms with Crippen LogP contribution in [0.25, 0.3) is 6.08 Å². The molecular weight excluding hydrogens is 298 g/mol. The lowest BCUT2D eigenvalue weighted by Crippen LogP contribution is -2.14. The average molecular weight is 316 g/mol. The Morgan fingerprint density at radius 1 is 1.14 bits per heavy atom. The quantitative estimate of drug-likeness (QED) is 0.779. The van der Waals surface area contributed by atoms with Gasteiger partial charge in [0.15, 0.2) is 0 Å². The van der Waals surface area contributed by atoms with Crippen molar-refractivity contribution in [1.82, 2.24) is 5.32 Å². The van der Waals surface area contributed by atoms with Gasteiger partial charge in [-0.05, 0) is 55.3 Å². The van der Waals surface area contributed by atoms with Crippen molar-refractivity contribution in [2.45, 2.75) is 19.4 Å². The summed E-state index contributed by atoms with van der Waals surface area (Å²) < 4.78 is 0. The van der Waals surface area contributed by atoms with E-state index in [9.17, 15) is 10.2 Å². The molecule has 1 atom stereocenters. The van der Waals surface area contributed by atoms with E-state index in [0.29, 0.717) is 5.56 Å². The molecule has 0 radical (unpaired) electrons. The molecule has 0 bridgehead atoms. The Morgan fingerprint density at radius 3 is 2.59 bits per heavy atom. The predicted molar refractivity (Wildman–Crippen MR) is 89.3 cm³/mol. The highest BCUT2D eigenvalue weighted by molar-refractivity contribution is 6.30. The Morgan fingerprint density at radius 2 is 1.86 bits per heavy atom. The van der Waals surface area contributed by atoms with Crippen molar-refractivity contribution < 1.29 is 10.2 Å². The highest BCUT2D eigenvalue weighted by atomic mass is 35.5. The Balaban J connectivity index is 1.97. The standard InChI is InChI=1S/C18H18ClNO2/c1-11-16(21)7-6-15(18(11)22)17-13(8-9-20-17)10-12-2-4-14(19)5-3-12/h2-7,10,17,20-22H,8-9H2,1H3/b13-10+. The van der Waals surface area contributed by atoms with Gasteiger partial charge in [-0.3, -0.25) is 0 Å². The zero-order chi connectivity index (χ0) is 15.7. The van der Waals surface area contributed by atoms with E-state index in [2.05, 4.69) is 11.4 Å². The number of benzene rings is 2. The van der Waals surface area contributed by atoms with Crippen LogP contribution < -0.4 is 5.32 Å². The van der Waals surface area contributed by atoms with Gasteiger partial charge in [-0.2, -0.15) is 0 Å². The van der Waals surface area contributed by atoms with E-state index in [4.69, 9.17) is 11.6 Å². The van der Waals surface area contributed by atoms with Gasteiger partial charge in [0, 0.05) is 16.1 Å². The van der Waals surface area contributed by atoms with Crippen LogP contribution in [0.4, 0.5) is 0 Å². The number of phenolic OH excluding ortho intramolecular Hbond substituents is 2. The second-order valence-corrected chi connectivity index (χ2v) is 5.99. The molecule has 2 aromatic carbocycles. The highest BCUT2D eigenvalue weighted by Gasteiger charge is 2.25. The summed E-state index contributed by atoms with van der Waals surface area (Å²) >= 11 is 5.92. The Kier molecular flexibility index (Phi) is 4.10. The maximum atomic E-state index is 10.3. The number of rotatable bonds is 2. The van der Waals surface area contributed by atoms with Crippen LogP contribution in [-0.2, 0) is 0 Å². The molecule has 1 heterocycles. The molecule has 0 spiro atoms. The fourth-order valence-electron chi connectivity index (χ4n) is 2.82. The normalized spacial score (nSPS) is 19.7. The number of nitrogens with one attached hydrogen (secondary N) is 1. The first-order valence-corrected chi connectivity index (χ1v) is 7.65. The van der Waals surface area contributed by atoms with Crippen LogP contribution in [0.5, 0.6) is 11.5 Å². The van der Waals surface area contributed by atoms with E-state index in [1.165, 1.54) is 5.57 Å². The molecule has 1 fully saturated rings. The van der Waals surface area contributed by atoms with Gasteiger partial charge >= 0.3 is 0 Å². The molecule has 0 aromatic heterocycles. The molecule has 3 N–H and O–H groups in total. The fraction of sp³-hybridized carbons (Fsp3) is 0.222. The van der Waals surface area contributed by atoms with Crippen LogP contribution in [0.3, 0.4) is 0 Å². The fourth-order valence-corrected chi connectivity index (χ4v) is 2.94. The van der Waals surface area contributed by atoms with Gasteiger partial charge in [-0.25, -0.2) is 0 Å². The SMILES string of the molecule is Cc1c(O)ccc(C2NCC/C2=C\c2ccc(Cl)cc2)c1O. The summed E-state index contributed by atoms with van der Waals surface area (Å²) in [7, 11) is 0. The van der Waals surface area contributed by atoms with Crippen molar-refractivity contribution in [3.63, 3.8) is 0 Å². The summed E-state index contributed by atoms with van der Waals surface area (Å²) in [5.41, 5.74) is 3.61. The van der Waals surface area contributed by atoms with E-state index in [-0.39, 0.29) is 17.5 Å². The van der Waals surface area contributed by atoms with Crippen LogP contribution in [0, 0.1) is 6.92 Å². The van der Waals surface area contributed by atoms with Crippen molar-refractivity contribution in [1.29, 1.82) is 0 Å². The van der Waals surface area contributed by atoms with Gasteiger partial charge in [0.05, 0.1) is 6.04 Å². The summed E-state index contributed by atoms with van der Waals surface area (Å²) in [5.74, 6) is 0.267. The summed E-state index contributed by atoms with van der Waals surface area (Å²) in [4.78, 5) is 0. The number of aromatic hydroxyl groups is 2. The average Bonchev–Trinajstić information content (AvgIpc) is 2.95. The Labute approximate surface area is 134 Å². The van der Waals surface area contributed by atoms with Crippen molar-refractivity contribution in [3.8, 4) is 11.5 Å². The van der Waals surface area contributed by atoms with Gasteiger partial charge in [-0.15, -0.1) is 0 Å². The van der Waals surface area contributed by atoms with E-state index >= 15 is 0 Å². The molecule has 1 aliphatic heterocycles. The van der Waals surface area contributed by atoms with Crippen molar-refractivity contribution in [2.75, 3.05) is 6.54 Å². The number of hydrogen-bond acceptors (Lipinski definition) is 3. The Bertz CT molecular complexity index is 723. The third-order valence-electron chi connectivity index (χ3n) is 4.10. The van der Waals surface area contributed by atoms with E-state index in [1.54, 1.807) is 19.1 Å². The minimum atomic E-state index is -0.0324. The van der Waals surface area contributed by atoms with E-state index in [0.717, 1.165) is 29.1 Å². The zero-order valence-corrected chi connectivity index (χ0v) is 13.1. The van der Waals surface area contributed by atoms with Crippen LogP contribution >= 0.6 is 11.6 Å². The largest absolute Gasteiger partial charge is 0.508 e. The van der Waals surface area contributed by atoms with Crippen LogP contribution in [0.1, 0.15) is 29.2 Å². The molecule has 0 aliphatic carbocycles. The molecular formula is C18H18ClNO2. The zero-order valence-electron chi connectivity index (χ0n) is 12.3. The van der Waals surface area contributed by atoms with Crippen LogP contribution in [0.2, 0.25) is 5.02 Å². The molecule has 1 saturated heterocycles. The molecule has 114 valence electrons. The topological polar surface area (TPSA) is 52.5 Å². The van der Waals surface area contributed by atoms with Gasteiger partial charge in [0.1, 0.15) is 11.5 Å². The number of halogens is 1. The smallest absolute Gasteiger partial charge is 0.127 e. The molecule has 3 rings (SSSR count). The molecule has 1 unspecified atom stereocenters. The van der Waals surface area contributed by atoms with E-state index < -0.39 is 0 Å². The highest BCUT2D eigenvalue weighted by Crippen LogP contribution is 2.39. The molecule has 0 saturated carbocycles. The lowest BCUT2D eigenvalue weighted by atomic mass is 9.95. The number of phenols is 2. The lowest BCUT2D eigenvalue weighted by Gasteiger charge is -2.17. The molecule has 3 nitrogen and oxygen atoms in total. The Hall–Kier alpha value is -1.97. The van der Waals surface area contributed by atoms with Crippen LogP contribution in [0.15, 0.2) is 42.0 Å². The molecule has 1 aliphatic rings. The predicted octanol–water partition coefficient (Wildman–Crippen LogP) is 4.18. The van der Waals surface area contributed by atoms with Crippen molar-refractivity contribution in [2.24, 2.45) is 0 Å². The van der Waals surface area contributed by atoms with Gasteiger partial charge in [0.25, 0.3) is 0 Å². The molecule has 4 heteroatoms. The molecule has 2 aromatic rings. The summed E-state index contributed by atoms with van der Waals surface area (Å²) in [6, 6.07) is 11.1. The maximum Gasteiger partial charge on any atom is 0.127 e. The summed E-state index contributed by atoms with van der Waals surface area (Å²) in [6.07, 6.45) is 3.05. The summed E-state index contributed by atoms with van der Waals surface area (Å²) in [5, 5.41) is 24.1. The number of hydrogen-bond donors (Lipinski definition) is 3. The first-order valence-electron chi connectivity index (χ1n) is 7.27. The minimum Gasteiger partial charge on any atom is -0.508 e. The lowest BCUT2D eigenvalue weighted by molar-refractivity contribution is 0.435. The molecule has 0 amide bonds. The van der Waals surface area contributed by atoms with Crippen molar-refractivity contribution >= 4 is 17.7 Å². The van der Waals surface area contributed by atoms with Gasteiger partial charge in [-0.1, -0.05) is 29.8 Å². The maximum absolute atomic E-state index is 10.3. The second kappa shape index (κ2) is 6.03. The first-order chi connectivity index (χ1) is 10.6. The monoisotopic (exact) mass is 315 g/mol. The molecule has 22 heavy (non-hydrogen) atoms. The van der Waals surface area contributed by atoms with Gasteiger partial charge in [0.2, 0.25) is 0 Å². The summed E-state index contributed by atoms with van der Waals surface area (Å²) in [6.45, 7) is 2.58. The third kappa shape index (κ3) is 2.82. The van der Waals surface area contributed by atoms with Crippen LogP contribution in [-0.4, -0.2) is 16.8 Å². The van der Waals surface area contributed by atoms with Crippen molar-refractivity contribution in [3.05, 3.63) is 63.7 Å².